The van der Waals surface area contributed by atoms with Crippen LogP contribution in [0.2, 0.25) is 0 Å². The molecule has 0 unspecified atom stereocenters. The molecular weight excluding hydrogens is 376 g/mol. The van der Waals surface area contributed by atoms with Gasteiger partial charge in [0.1, 0.15) is 5.75 Å². The van der Waals surface area contributed by atoms with Crippen LogP contribution in [0.15, 0.2) is 42.5 Å². The van der Waals surface area contributed by atoms with E-state index < -0.39 is 0 Å². The highest BCUT2D eigenvalue weighted by Gasteiger charge is 2.32. The molecule has 0 saturated heterocycles. The predicted octanol–water partition coefficient (Wildman–Crippen LogP) is 5.31. The lowest BCUT2D eigenvalue weighted by molar-refractivity contribution is 0.0425. The van der Waals surface area contributed by atoms with Crippen molar-refractivity contribution in [1.82, 2.24) is 10.4 Å². The minimum atomic E-state index is -0.382. The summed E-state index contributed by atoms with van der Waals surface area (Å²) in [5.41, 5.74) is 6.01. The van der Waals surface area contributed by atoms with Crippen LogP contribution in [0.5, 0.6) is 5.75 Å². The smallest absolute Gasteiger partial charge is 0.275 e. The molecule has 2 aromatic carbocycles. The maximum atomic E-state index is 13.5. The lowest BCUT2D eigenvalue weighted by atomic mass is 9.84. The number of rotatable bonds is 7. The molecular formula is C25H34N2O3. The summed E-state index contributed by atoms with van der Waals surface area (Å²) in [6, 6.07) is 12.4. The molecule has 5 nitrogen and oxygen atoms in total. The van der Waals surface area contributed by atoms with E-state index in [9.17, 15) is 9.59 Å². The molecule has 2 aromatic rings. The number of benzene rings is 2. The zero-order valence-corrected chi connectivity index (χ0v) is 19.2. The number of hydrazine groups is 1. The van der Waals surface area contributed by atoms with Crippen molar-refractivity contribution >= 4 is 11.8 Å². The van der Waals surface area contributed by atoms with Crippen molar-refractivity contribution in [3.8, 4) is 5.75 Å². The van der Waals surface area contributed by atoms with Crippen molar-refractivity contribution in [2.45, 2.75) is 60.4 Å². The van der Waals surface area contributed by atoms with E-state index in [4.69, 9.17) is 4.74 Å². The predicted molar refractivity (Wildman–Crippen MR) is 121 cm³/mol. The van der Waals surface area contributed by atoms with E-state index >= 15 is 0 Å². The summed E-state index contributed by atoms with van der Waals surface area (Å²) in [6.45, 7) is 12.3. The summed E-state index contributed by atoms with van der Waals surface area (Å²) < 4.78 is 5.19. The van der Waals surface area contributed by atoms with Crippen LogP contribution >= 0.6 is 0 Å². The van der Waals surface area contributed by atoms with E-state index in [2.05, 4.69) is 33.1 Å². The molecule has 0 aliphatic heterocycles. The molecule has 30 heavy (non-hydrogen) atoms. The molecule has 162 valence electrons. The highest BCUT2D eigenvalue weighted by molar-refractivity contribution is 6.10. The van der Waals surface area contributed by atoms with Gasteiger partial charge in [-0.05, 0) is 62.1 Å². The number of carbonyl (C=O) groups is 2. The standard InChI is InChI=1S/C25H34N2O3/c1-8-9-22(25(4,5)6)26-27(23(28)19-10-12-21(30-7)13-11-19)24(29)20-15-17(2)14-18(3)16-20/h10-16,22,26H,8-9H2,1-7H3/t22-/m1/s1. The molecule has 0 bridgehead atoms. The molecule has 0 aliphatic rings. The third kappa shape index (κ3) is 5.92. The Balaban J connectivity index is 2.46. The van der Waals surface area contributed by atoms with Gasteiger partial charge < -0.3 is 4.74 Å². The van der Waals surface area contributed by atoms with Gasteiger partial charge in [0.2, 0.25) is 0 Å². The fourth-order valence-electron chi connectivity index (χ4n) is 3.44. The average Bonchev–Trinajstić information content (AvgIpc) is 2.68. The average molecular weight is 411 g/mol. The van der Waals surface area contributed by atoms with Gasteiger partial charge in [-0.3, -0.25) is 9.59 Å². The summed E-state index contributed by atoms with van der Waals surface area (Å²) in [6.07, 6.45) is 1.78. The summed E-state index contributed by atoms with van der Waals surface area (Å²) in [7, 11) is 1.58. The molecule has 1 atom stereocenters. The number of methoxy groups -OCH3 is 1. The fourth-order valence-corrected chi connectivity index (χ4v) is 3.44. The maximum Gasteiger partial charge on any atom is 0.275 e. The number of hydrogen-bond acceptors (Lipinski definition) is 4. The van der Waals surface area contributed by atoms with Crippen LogP contribution in [0.4, 0.5) is 0 Å². The molecule has 0 radical (unpaired) electrons. The second-order valence-electron chi connectivity index (χ2n) is 8.89. The number of aryl methyl sites for hydroxylation is 2. The number of amides is 2. The SMILES string of the molecule is CCC[C@@H](NN(C(=O)c1ccc(OC)cc1)C(=O)c1cc(C)cc(C)c1)C(C)(C)C. The van der Waals surface area contributed by atoms with E-state index in [1.807, 2.05) is 32.0 Å². The fraction of sp³-hybridized carbons (Fsp3) is 0.440. The highest BCUT2D eigenvalue weighted by atomic mass is 16.5. The second-order valence-corrected chi connectivity index (χ2v) is 8.89. The summed E-state index contributed by atoms with van der Waals surface area (Å²) in [5, 5.41) is 1.18. The van der Waals surface area contributed by atoms with Gasteiger partial charge in [-0.2, -0.15) is 0 Å². The molecule has 5 heteroatoms. The van der Waals surface area contributed by atoms with E-state index in [1.54, 1.807) is 31.4 Å². The minimum Gasteiger partial charge on any atom is -0.497 e. The van der Waals surface area contributed by atoms with Crippen LogP contribution in [0.25, 0.3) is 0 Å². The first kappa shape index (κ1) is 23.6. The Morgan fingerprint density at radius 2 is 1.50 bits per heavy atom. The van der Waals surface area contributed by atoms with E-state index in [0.717, 1.165) is 24.0 Å². The van der Waals surface area contributed by atoms with Crippen molar-refractivity contribution in [2.24, 2.45) is 5.41 Å². The van der Waals surface area contributed by atoms with Crippen molar-refractivity contribution < 1.29 is 14.3 Å². The van der Waals surface area contributed by atoms with Gasteiger partial charge in [0.15, 0.2) is 0 Å². The number of imide groups is 1. The molecule has 2 amide bonds. The van der Waals surface area contributed by atoms with Crippen LogP contribution in [0.3, 0.4) is 0 Å². The zero-order valence-electron chi connectivity index (χ0n) is 19.2. The van der Waals surface area contributed by atoms with E-state index in [0.29, 0.717) is 16.9 Å². The number of ether oxygens (including phenoxy) is 1. The Morgan fingerprint density at radius 3 is 1.97 bits per heavy atom. The lowest BCUT2D eigenvalue weighted by Gasteiger charge is -2.35. The molecule has 0 fully saturated rings. The van der Waals surface area contributed by atoms with Gasteiger partial charge in [0, 0.05) is 17.2 Å². The first-order valence-electron chi connectivity index (χ1n) is 10.4. The molecule has 2 rings (SSSR count). The Kier molecular flexibility index (Phi) is 7.79. The number of carbonyl (C=O) groups excluding carboxylic acids is 2. The number of hydrogen-bond donors (Lipinski definition) is 1. The summed E-state index contributed by atoms with van der Waals surface area (Å²) >= 11 is 0. The third-order valence-electron chi connectivity index (χ3n) is 5.12. The van der Waals surface area contributed by atoms with Gasteiger partial charge in [0.05, 0.1) is 7.11 Å². The zero-order chi connectivity index (χ0) is 22.5. The molecule has 0 spiro atoms. The van der Waals surface area contributed by atoms with Gasteiger partial charge in [-0.1, -0.05) is 51.3 Å². The van der Waals surface area contributed by atoms with Crippen LogP contribution < -0.4 is 10.2 Å². The quantitative estimate of drug-likeness (QED) is 0.496. The van der Waals surface area contributed by atoms with Crippen LogP contribution in [0.1, 0.15) is 72.4 Å². The van der Waals surface area contributed by atoms with Crippen molar-refractivity contribution in [1.29, 1.82) is 0 Å². The Hall–Kier alpha value is -2.66. The number of nitrogens with zero attached hydrogens (tertiary/aromatic N) is 1. The van der Waals surface area contributed by atoms with Crippen LogP contribution in [-0.4, -0.2) is 30.0 Å². The van der Waals surface area contributed by atoms with Crippen molar-refractivity contribution in [3.05, 3.63) is 64.7 Å². The normalized spacial score (nSPS) is 12.4. The summed E-state index contributed by atoms with van der Waals surface area (Å²) in [4.78, 5) is 26.9. The topological polar surface area (TPSA) is 58.6 Å². The maximum absolute atomic E-state index is 13.5. The molecule has 0 aliphatic carbocycles. The lowest BCUT2D eigenvalue weighted by Crippen LogP contribution is -2.55. The molecule has 0 aromatic heterocycles. The van der Waals surface area contributed by atoms with Gasteiger partial charge in [0.25, 0.3) is 11.8 Å². The summed E-state index contributed by atoms with van der Waals surface area (Å²) in [5.74, 6) is -0.0783. The Morgan fingerprint density at radius 1 is 0.967 bits per heavy atom. The number of nitrogens with one attached hydrogen (secondary N) is 1. The first-order chi connectivity index (χ1) is 14.1. The Labute approximate surface area is 180 Å². The van der Waals surface area contributed by atoms with Gasteiger partial charge >= 0.3 is 0 Å². The molecule has 1 N–H and O–H groups in total. The van der Waals surface area contributed by atoms with Crippen molar-refractivity contribution in [3.63, 3.8) is 0 Å². The monoisotopic (exact) mass is 410 g/mol. The third-order valence-corrected chi connectivity index (χ3v) is 5.12. The van der Waals surface area contributed by atoms with E-state index in [-0.39, 0.29) is 23.3 Å². The molecule has 0 saturated carbocycles. The van der Waals surface area contributed by atoms with Crippen LogP contribution in [-0.2, 0) is 0 Å². The van der Waals surface area contributed by atoms with E-state index in [1.165, 1.54) is 5.01 Å². The Bertz CT molecular complexity index is 862. The van der Waals surface area contributed by atoms with Crippen LogP contribution in [0, 0.1) is 19.3 Å². The first-order valence-corrected chi connectivity index (χ1v) is 10.4. The molecule has 0 heterocycles. The van der Waals surface area contributed by atoms with Gasteiger partial charge in [-0.15, -0.1) is 0 Å². The van der Waals surface area contributed by atoms with Gasteiger partial charge in [-0.25, -0.2) is 10.4 Å². The largest absolute Gasteiger partial charge is 0.497 e. The van der Waals surface area contributed by atoms with Crippen molar-refractivity contribution in [2.75, 3.05) is 7.11 Å². The second kappa shape index (κ2) is 9.90. The minimum absolute atomic E-state index is 0.0421. The highest BCUT2D eigenvalue weighted by Crippen LogP contribution is 2.24.